The smallest absolute Gasteiger partial charge is 0.305 e. The Kier molecular flexibility index (Phi) is 17.3. The molecule has 0 saturated heterocycles. The third-order valence-corrected chi connectivity index (χ3v) is 9.15. The number of phenols is 1. The molecule has 12 heteroatoms. The minimum Gasteiger partial charge on any atom is -0.508 e. The third kappa shape index (κ3) is 13.5. The van der Waals surface area contributed by atoms with Crippen molar-refractivity contribution in [3.05, 3.63) is 28.8 Å². The van der Waals surface area contributed by atoms with E-state index in [0.717, 1.165) is 55.2 Å². The Morgan fingerprint density at radius 3 is 2.26 bits per heavy atom. The van der Waals surface area contributed by atoms with Gasteiger partial charge in [0.25, 0.3) is 0 Å². The second-order valence-corrected chi connectivity index (χ2v) is 12.9. The summed E-state index contributed by atoms with van der Waals surface area (Å²) in [4.78, 5) is 65.8. The van der Waals surface area contributed by atoms with Crippen molar-refractivity contribution < 1.29 is 33.8 Å². The average molecular weight is 660 g/mol. The Balaban J connectivity index is 2.10. The van der Waals surface area contributed by atoms with Gasteiger partial charge in [0.2, 0.25) is 23.6 Å². The number of nitrogens with two attached hydrogens (primary N) is 2. The molecule has 0 unspecified atom stereocenters. The number of benzene rings is 1. The average Bonchev–Trinajstić information content (AvgIpc) is 3.04. The maximum atomic E-state index is 13.6. The maximum Gasteiger partial charge on any atom is 0.305 e. The molecule has 2 rings (SSSR count). The summed E-state index contributed by atoms with van der Waals surface area (Å²) in [5.74, 6) is -1.88. The van der Waals surface area contributed by atoms with E-state index in [1.807, 2.05) is 20.8 Å². The second kappa shape index (κ2) is 20.5. The van der Waals surface area contributed by atoms with E-state index in [1.165, 1.54) is 12.0 Å². The molecule has 0 bridgehead atoms. The topological polar surface area (TPSA) is 194 Å². The molecule has 1 aliphatic rings. The van der Waals surface area contributed by atoms with Crippen molar-refractivity contribution in [1.82, 2.24) is 15.5 Å². The number of aromatic hydroxyl groups is 1. The van der Waals surface area contributed by atoms with E-state index in [1.54, 1.807) is 12.1 Å². The summed E-state index contributed by atoms with van der Waals surface area (Å²) >= 11 is 0. The van der Waals surface area contributed by atoms with Gasteiger partial charge in [0.1, 0.15) is 17.8 Å². The third-order valence-electron chi connectivity index (χ3n) is 9.15. The van der Waals surface area contributed by atoms with Crippen LogP contribution in [0.4, 0.5) is 0 Å². The number of methoxy groups -OCH3 is 1. The summed E-state index contributed by atoms with van der Waals surface area (Å²) in [6.07, 6.45) is 9.86. The van der Waals surface area contributed by atoms with Gasteiger partial charge in [-0.25, -0.2) is 0 Å². The summed E-state index contributed by atoms with van der Waals surface area (Å²) in [5, 5.41) is 15.3. The number of rotatable bonds is 20. The fourth-order valence-electron chi connectivity index (χ4n) is 6.37. The number of aryl methyl sites for hydroxylation is 2. The van der Waals surface area contributed by atoms with Gasteiger partial charge in [0.05, 0.1) is 19.7 Å². The molecule has 7 N–H and O–H groups in total. The zero-order valence-electron chi connectivity index (χ0n) is 28.8. The minimum atomic E-state index is -0.929. The summed E-state index contributed by atoms with van der Waals surface area (Å²) in [7, 11) is 1.34. The second-order valence-electron chi connectivity index (χ2n) is 12.9. The van der Waals surface area contributed by atoms with Gasteiger partial charge in [0, 0.05) is 13.0 Å². The van der Waals surface area contributed by atoms with Crippen LogP contribution < -0.4 is 22.1 Å². The Morgan fingerprint density at radius 2 is 1.66 bits per heavy atom. The predicted molar refractivity (Wildman–Crippen MR) is 180 cm³/mol. The number of hydrogen-bond acceptors (Lipinski definition) is 8. The highest BCUT2D eigenvalue weighted by atomic mass is 16.5. The number of phenolic OH excluding ortho intramolecular Hbond substituents is 1. The number of hydrogen-bond donors (Lipinski definition) is 5. The van der Waals surface area contributed by atoms with Crippen molar-refractivity contribution in [2.45, 2.75) is 129 Å². The van der Waals surface area contributed by atoms with E-state index < -0.39 is 41.8 Å². The maximum absolute atomic E-state index is 13.6. The zero-order chi connectivity index (χ0) is 34.9. The number of carbonyl (C=O) groups excluding carboxylic acids is 5. The molecule has 0 radical (unpaired) electrons. The number of unbranched alkanes of at least 4 members (excludes halogenated alkanes) is 3. The van der Waals surface area contributed by atoms with Crippen LogP contribution in [-0.2, 0) is 35.1 Å². The van der Waals surface area contributed by atoms with Crippen molar-refractivity contribution in [3.8, 4) is 5.75 Å². The van der Waals surface area contributed by atoms with Crippen LogP contribution in [0.1, 0.15) is 107 Å². The van der Waals surface area contributed by atoms with Crippen LogP contribution in [0.5, 0.6) is 5.75 Å². The van der Waals surface area contributed by atoms with E-state index in [9.17, 15) is 29.1 Å². The van der Waals surface area contributed by atoms with Gasteiger partial charge < -0.3 is 36.8 Å². The first kappa shape index (κ1) is 39.5. The van der Waals surface area contributed by atoms with Crippen molar-refractivity contribution in [2.75, 3.05) is 20.2 Å². The highest BCUT2D eigenvalue weighted by Gasteiger charge is 2.32. The lowest BCUT2D eigenvalue weighted by atomic mass is 9.84. The molecule has 1 aliphatic carbocycles. The number of nitrogens with one attached hydrogen (secondary N) is 2. The van der Waals surface area contributed by atoms with Gasteiger partial charge >= 0.3 is 5.97 Å². The molecule has 0 aliphatic heterocycles. The highest BCUT2D eigenvalue weighted by molar-refractivity contribution is 5.93. The molecular formula is C35H57N5O7. The molecule has 1 saturated carbocycles. The lowest BCUT2D eigenvalue weighted by Gasteiger charge is -2.33. The van der Waals surface area contributed by atoms with Gasteiger partial charge in [0.15, 0.2) is 0 Å². The van der Waals surface area contributed by atoms with Crippen LogP contribution in [0.15, 0.2) is 12.1 Å². The van der Waals surface area contributed by atoms with Crippen LogP contribution in [0.3, 0.4) is 0 Å². The van der Waals surface area contributed by atoms with Gasteiger partial charge in [-0.3, -0.25) is 24.0 Å². The number of nitrogens with zero attached hydrogens (tertiary/aromatic N) is 1. The standard InChI is InChI=1S/C35H57N5O7/c1-5-6-15-29(39-34(45)28(36)21-27-23(2)18-26(41)19-24(27)3)35(46)38-22-31(42)40(17-12-8-11-16-32(43)47-4)30(33(37)44)20-25-13-9-7-10-14-25/h18-19,25,28-30,41H,5-17,20-22,36H2,1-4H3,(H2,37,44)(H,38,46)(H,39,45)/t28-,29-,30+/m1/s1. The highest BCUT2D eigenvalue weighted by Crippen LogP contribution is 2.29. The molecule has 1 fully saturated rings. The number of carbonyl (C=O) groups is 5. The number of esters is 1. The number of ether oxygens (including phenoxy) is 1. The van der Waals surface area contributed by atoms with Crippen LogP contribution in [0, 0.1) is 19.8 Å². The number of primary amides is 1. The SMILES string of the molecule is CCCC[C@@H](NC(=O)[C@H](N)Cc1c(C)cc(O)cc1C)C(=O)NCC(=O)N(CCCCCC(=O)OC)[C@@H](CC1CCCCC1)C(N)=O. The Bertz CT molecular complexity index is 1180. The zero-order valence-corrected chi connectivity index (χ0v) is 28.8. The molecule has 1 aromatic carbocycles. The summed E-state index contributed by atoms with van der Waals surface area (Å²) in [6, 6.07) is 0.602. The molecule has 47 heavy (non-hydrogen) atoms. The fourth-order valence-corrected chi connectivity index (χ4v) is 6.37. The summed E-state index contributed by atoms with van der Waals surface area (Å²) in [5.41, 5.74) is 14.6. The van der Waals surface area contributed by atoms with Crippen molar-refractivity contribution in [1.29, 1.82) is 0 Å². The molecular weight excluding hydrogens is 602 g/mol. The molecule has 3 atom stereocenters. The monoisotopic (exact) mass is 659 g/mol. The van der Waals surface area contributed by atoms with E-state index >= 15 is 0 Å². The molecule has 0 heterocycles. The molecule has 264 valence electrons. The summed E-state index contributed by atoms with van der Waals surface area (Å²) < 4.78 is 4.70. The van der Waals surface area contributed by atoms with Gasteiger partial charge in [-0.05, 0) is 80.7 Å². The first-order chi connectivity index (χ1) is 22.4. The molecule has 0 aromatic heterocycles. The lowest BCUT2D eigenvalue weighted by molar-refractivity contribution is -0.141. The van der Waals surface area contributed by atoms with Crippen LogP contribution in [0.25, 0.3) is 0 Å². The first-order valence-electron chi connectivity index (χ1n) is 17.2. The number of amides is 4. The van der Waals surface area contributed by atoms with Gasteiger partial charge in [-0.15, -0.1) is 0 Å². The summed E-state index contributed by atoms with van der Waals surface area (Å²) in [6.45, 7) is 5.56. The molecule has 1 aromatic rings. The van der Waals surface area contributed by atoms with Crippen LogP contribution >= 0.6 is 0 Å². The van der Waals surface area contributed by atoms with Gasteiger partial charge in [-0.1, -0.05) is 58.3 Å². The Hall–Kier alpha value is -3.67. The largest absolute Gasteiger partial charge is 0.508 e. The normalized spacial score (nSPS) is 15.3. The van der Waals surface area contributed by atoms with Crippen molar-refractivity contribution in [3.63, 3.8) is 0 Å². The minimum absolute atomic E-state index is 0.140. The van der Waals surface area contributed by atoms with E-state index in [2.05, 4.69) is 10.6 Å². The first-order valence-corrected chi connectivity index (χ1v) is 17.2. The predicted octanol–water partition coefficient (Wildman–Crippen LogP) is 3.06. The van der Waals surface area contributed by atoms with Crippen LogP contribution in [0.2, 0.25) is 0 Å². The Morgan fingerprint density at radius 1 is 1.00 bits per heavy atom. The van der Waals surface area contributed by atoms with Crippen molar-refractivity contribution >= 4 is 29.6 Å². The van der Waals surface area contributed by atoms with E-state index in [0.29, 0.717) is 38.5 Å². The van der Waals surface area contributed by atoms with Crippen molar-refractivity contribution in [2.24, 2.45) is 17.4 Å². The van der Waals surface area contributed by atoms with E-state index in [4.69, 9.17) is 16.2 Å². The Labute approximate surface area is 279 Å². The van der Waals surface area contributed by atoms with Gasteiger partial charge in [-0.2, -0.15) is 0 Å². The molecule has 12 nitrogen and oxygen atoms in total. The fraction of sp³-hybridized carbons (Fsp3) is 0.686. The van der Waals surface area contributed by atoms with E-state index in [-0.39, 0.29) is 43.6 Å². The molecule has 0 spiro atoms. The molecule has 4 amide bonds. The van der Waals surface area contributed by atoms with Crippen LogP contribution in [-0.4, -0.2) is 77.9 Å². The quantitative estimate of drug-likeness (QED) is 0.104. The lowest BCUT2D eigenvalue weighted by Crippen LogP contribution is -2.55.